The van der Waals surface area contributed by atoms with Gasteiger partial charge in [-0.15, -0.1) is 0 Å². The lowest BCUT2D eigenvalue weighted by atomic mass is 10.2. The molecule has 2 rings (SSSR count). The van der Waals surface area contributed by atoms with Crippen LogP contribution in [-0.2, 0) is 16.6 Å². The number of hydrogen-bond acceptors (Lipinski definition) is 3. The van der Waals surface area contributed by atoms with Crippen molar-refractivity contribution in [2.24, 2.45) is 5.14 Å². The van der Waals surface area contributed by atoms with E-state index in [9.17, 15) is 8.42 Å². The highest BCUT2D eigenvalue weighted by atomic mass is 35.5. The first-order valence-corrected chi connectivity index (χ1v) is 8.45. The Morgan fingerprint density at radius 1 is 1.00 bits per heavy atom. The number of primary sulfonamides is 1. The zero-order chi connectivity index (χ0) is 15.6. The summed E-state index contributed by atoms with van der Waals surface area (Å²) in [4.78, 5) is -0.0153. The summed E-state index contributed by atoms with van der Waals surface area (Å²) in [7, 11) is -3.78. The number of hydrogen-bond donors (Lipinski definition) is 2. The third kappa shape index (κ3) is 4.49. The zero-order valence-electron chi connectivity index (χ0n) is 10.6. The van der Waals surface area contributed by atoms with Gasteiger partial charge in [-0.25, -0.2) is 13.6 Å². The van der Waals surface area contributed by atoms with E-state index >= 15 is 0 Å². The molecular weight excluding hydrogens is 355 g/mol. The van der Waals surface area contributed by atoms with E-state index in [2.05, 4.69) is 5.32 Å². The standard InChI is InChI=1S/C13H11Cl3N2O2S/c14-9-3-8(4-10(15)5-9)7-18-13-6-11(21(17,19)20)1-2-12(13)16/h1-6,18H,7H2,(H2,17,19,20). The van der Waals surface area contributed by atoms with Gasteiger partial charge in [0.1, 0.15) is 0 Å². The molecule has 2 aromatic rings. The van der Waals surface area contributed by atoms with Gasteiger partial charge in [-0.3, -0.25) is 0 Å². The van der Waals surface area contributed by atoms with Gasteiger partial charge in [0, 0.05) is 16.6 Å². The van der Waals surface area contributed by atoms with Crippen LogP contribution in [0.2, 0.25) is 15.1 Å². The molecule has 0 fully saturated rings. The van der Waals surface area contributed by atoms with Crippen LogP contribution < -0.4 is 10.5 Å². The van der Waals surface area contributed by atoms with Crippen molar-refractivity contribution < 1.29 is 8.42 Å². The Balaban J connectivity index is 2.23. The van der Waals surface area contributed by atoms with E-state index in [1.807, 2.05) is 0 Å². The summed E-state index contributed by atoms with van der Waals surface area (Å²) in [5.74, 6) is 0. The summed E-state index contributed by atoms with van der Waals surface area (Å²) >= 11 is 17.9. The van der Waals surface area contributed by atoms with Gasteiger partial charge in [0.15, 0.2) is 0 Å². The molecule has 0 aliphatic carbocycles. The van der Waals surface area contributed by atoms with Gasteiger partial charge >= 0.3 is 0 Å². The number of benzene rings is 2. The molecule has 3 N–H and O–H groups in total. The first kappa shape index (κ1) is 16.4. The van der Waals surface area contributed by atoms with Gasteiger partial charge in [0.2, 0.25) is 10.0 Å². The predicted octanol–water partition coefficient (Wildman–Crippen LogP) is 3.91. The smallest absolute Gasteiger partial charge is 0.238 e. The summed E-state index contributed by atoms with van der Waals surface area (Å²) in [6.45, 7) is 0.383. The highest BCUT2D eigenvalue weighted by Crippen LogP contribution is 2.26. The van der Waals surface area contributed by atoms with Crippen molar-refractivity contribution in [1.82, 2.24) is 0 Å². The molecule has 4 nitrogen and oxygen atoms in total. The second-order valence-electron chi connectivity index (χ2n) is 4.32. The van der Waals surface area contributed by atoms with Gasteiger partial charge in [0.25, 0.3) is 0 Å². The molecule has 0 saturated carbocycles. The summed E-state index contributed by atoms with van der Waals surface area (Å²) in [6.07, 6.45) is 0. The normalized spacial score (nSPS) is 11.4. The Bertz CT molecular complexity index is 759. The molecule has 0 aliphatic heterocycles. The van der Waals surface area contributed by atoms with Crippen LogP contribution in [0.3, 0.4) is 0 Å². The van der Waals surface area contributed by atoms with Crippen molar-refractivity contribution in [2.45, 2.75) is 11.4 Å². The molecule has 0 unspecified atom stereocenters. The van der Waals surface area contributed by atoms with E-state index in [0.717, 1.165) is 5.56 Å². The third-order valence-corrected chi connectivity index (χ3v) is 4.35. The van der Waals surface area contributed by atoms with E-state index in [1.165, 1.54) is 18.2 Å². The molecule has 2 aromatic carbocycles. The number of halogens is 3. The second kappa shape index (κ2) is 6.42. The quantitative estimate of drug-likeness (QED) is 0.863. The van der Waals surface area contributed by atoms with Crippen molar-refractivity contribution in [3.05, 3.63) is 57.0 Å². The number of sulfonamides is 1. The average molecular weight is 366 g/mol. The zero-order valence-corrected chi connectivity index (χ0v) is 13.7. The average Bonchev–Trinajstić information content (AvgIpc) is 2.35. The van der Waals surface area contributed by atoms with Crippen molar-refractivity contribution in [2.75, 3.05) is 5.32 Å². The number of anilines is 1. The Labute approximate surface area is 137 Å². The van der Waals surface area contributed by atoms with E-state index < -0.39 is 10.0 Å². The molecule has 0 bridgehead atoms. The van der Waals surface area contributed by atoms with E-state index in [0.29, 0.717) is 27.3 Å². The Morgan fingerprint density at radius 2 is 1.62 bits per heavy atom. The number of rotatable bonds is 4. The van der Waals surface area contributed by atoms with Crippen LogP contribution in [0.25, 0.3) is 0 Å². The lowest BCUT2D eigenvalue weighted by molar-refractivity contribution is 0.598. The summed E-state index contributed by atoms with van der Waals surface area (Å²) < 4.78 is 22.7. The van der Waals surface area contributed by atoms with Crippen LogP contribution in [0, 0.1) is 0 Å². The molecule has 0 atom stereocenters. The molecule has 0 aliphatic rings. The number of nitrogens with one attached hydrogen (secondary N) is 1. The molecule has 0 saturated heterocycles. The summed E-state index contributed by atoms with van der Waals surface area (Å²) in [5.41, 5.74) is 1.30. The summed E-state index contributed by atoms with van der Waals surface area (Å²) in [6, 6.07) is 9.31. The Hall–Kier alpha value is -0.980. The Morgan fingerprint density at radius 3 is 2.19 bits per heavy atom. The van der Waals surface area contributed by atoms with Crippen LogP contribution in [0.1, 0.15) is 5.56 Å². The van der Waals surface area contributed by atoms with Gasteiger partial charge < -0.3 is 5.32 Å². The number of nitrogens with two attached hydrogens (primary N) is 1. The Kier molecular flexibility index (Phi) is 5.01. The first-order chi connectivity index (χ1) is 9.75. The van der Waals surface area contributed by atoms with Crippen molar-refractivity contribution in [3.63, 3.8) is 0 Å². The van der Waals surface area contributed by atoms with E-state index in [4.69, 9.17) is 39.9 Å². The first-order valence-electron chi connectivity index (χ1n) is 5.77. The highest BCUT2D eigenvalue weighted by molar-refractivity contribution is 7.89. The molecule has 0 spiro atoms. The fourth-order valence-corrected chi connectivity index (χ4v) is 3.02. The van der Waals surface area contributed by atoms with Crippen LogP contribution in [0.4, 0.5) is 5.69 Å². The molecule has 112 valence electrons. The van der Waals surface area contributed by atoms with E-state index in [-0.39, 0.29) is 4.90 Å². The lowest BCUT2D eigenvalue weighted by Crippen LogP contribution is -2.12. The maximum atomic E-state index is 11.3. The third-order valence-electron chi connectivity index (χ3n) is 2.67. The minimum Gasteiger partial charge on any atom is -0.380 e. The molecule has 0 radical (unpaired) electrons. The van der Waals surface area contributed by atoms with Gasteiger partial charge in [-0.1, -0.05) is 34.8 Å². The minimum absolute atomic E-state index is 0.0153. The molecule has 0 aromatic heterocycles. The van der Waals surface area contributed by atoms with Crippen LogP contribution in [-0.4, -0.2) is 8.42 Å². The van der Waals surface area contributed by atoms with Crippen molar-refractivity contribution in [3.8, 4) is 0 Å². The molecule has 0 heterocycles. The molecule has 8 heteroatoms. The molecule has 0 amide bonds. The SMILES string of the molecule is NS(=O)(=O)c1ccc(Cl)c(NCc2cc(Cl)cc(Cl)c2)c1. The topological polar surface area (TPSA) is 72.2 Å². The van der Waals surface area contributed by atoms with E-state index in [1.54, 1.807) is 18.2 Å². The van der Waals surface area contributed by atoms with Gasteiger partial charge in [-0.2, -0.15) is 0 Å². The molecule has 21 heavy (non-hydrogen) atoms. The minimum atomic E-state index is -3.78. The maximum absolute atomic E-state index is 11.3. The predicted molar refractivity (Wildman–Crippen MR) is 86.6 cm³/mol. The van der Waals surface area contributed by atoms with Crippen LogP contribution in [0.15, 0.2) is 41.3 Å². The van der Waals surface area contributed by atoms with Gasteiger partial charge in [0.05, 0.1) is 15.6 Å². The highest BCUT2D eigenvalue weighted by Gasteiger charge is 2.10. The van der Waals surface area contributed by atoms with Crippen LogP contribution >= 0.6 is 34.8 Å². The monoisotopic (exact) mass is 364 g/mol. The fraction of sp³-hybridized carbons (Fsp3) is 0.0769. The maximum Gasteiger partial charge on any atom is 0.238 e. The van der Waals surface area contributed by atoms with Crippen LogP contribution in [0.5, 0.6) is 0 Å². The molecular formula is C13H11Cl3N2O2S. The largest absolute Gasteiger partial charge is 0.380 e. The van der Waals surface area contributed by atoms with Gasteiger partial charge in [-0.05, 0) is 42.0 Å². The van der Waals surface area contributed by atoms with Crippen molar-refractivity contribution in [1.29, 1.82) is 0 Å². The fourth-order valence-electron chi connectivity index (χ4n) is 1.73. The van der Waals surface area contributed by atoms with Crippen molar-refractivity contribution >= 4 is 50.5 Å². The second-order valence-corrected chi connectivity index (χ2v) is 7.16. The summed E-state index contributed by atoms with van der Waals surface area (Å²) in [5, 5.41) is 9.54. The lowest BCUT2D eigenvalue weighted by Gasteiger charge is -2.10.